The van der Waals surface area contributed by atoms with Crippen LogP contribution >= 0.6 is 15.9 Å². The minimum atomic E-state index is -0.589. The van der Waals surface area contributed by atoms with Crippen molar-refractivity contribution in [3.63, 3.8) is 0 Å². The van der Waals surface area contributed by atoms with Crippen LogP contribution in [-0.4, -0.2) is 42.9 Å². The third-order valence-electron chi connectivity index (χ3n) is 4.54. The first-order chi connectivity index (χ1) is 15.9. The molecule has 0 atom stereocenters. The summed E-state index contributed by atoms with van der Waals surface area (Å²) in [6, 6.07) is 7.12. The SMILES string of the molecule is Nc1nc(NCCNc2ncc(-c3ncc[nH]3)c(-c3ccc(F)cc3Br)n2)ccc1[N+](=O)[O-]. The number of pyridine rings is 1. The van der Waals surface area contributed by atoms with Gasteiger partial charge in [-0.15, -0.1) is 0 Å². The summed E-state index contributed by atoms with van der Waals surface area (Å²) in [7, 11) is 0. The molecule has 0 saturated carbocycles. The van der Waals surface area contributed by atoms with E-state index in [1.807, 2.05) is 0 Å². The molecule has 0 fully saturated rings. The molecule has 3 aromatic heterocycles. The molecule has 0 saturated heterocycles. The van der Waals surface area contributed by atoms with Gasteiger partial charge in [0.25, 0.3) is 0 Å². The summed E-state index contributed by atoms with van der Waals surface area (Å²) in [5.74, 6) is 0.809. The number of aromatic amines is 1. The highest BCUT2D eigenvalue weighted by molar-refractivity contribution is 9.10. The van der Waals surface area contributed by atoms with Crippen LogP contribution < -0.4 is 16.4 Å². The highest BCUT2D eigenvalue weighted by Gasteiger charge is 2.16. The molecule has 168 valence electrons. The van der Waals surface area contributed by atoms with Crippen molar-refractivity contribution in [1.82, 2.24) is 24.9 Å². The molecule has 4 aromatic rings. The summed E-state index contributed by atoms with van der Waals surface area (Å²) >= 11 is 3.39. The van der Waals surface area contributed by atoms with Crippen LogP contribution in [0.1, 0.15) is 0 Å². The molecule has 0 unspecified atom stereocenters. The highest BCUT2D eigenvalue weighted by atomic mass is 79.9. The zero-order valence-corrected chi connectivity index (χ0v) is 18.5. The van der Waals surface area contributed by atoms with Crippen molar-refractivity contribution < 1.29 is 9.31 Å². The molecule has 33 heavy (non-hydrogen) atoms. The number of imidazole rings is 1. The monoisotopic (exact) mass is 513 g/mol. The summed E-state index contributed by atoms with van der Waals surface area (Å²) in [6.07, 6.45) is 4.94. The number of nitrogens with two attached hydrogens (primary N) is 1. The lowest BCUT2D eigenvalue weighted by Crippen LogP contribution is -2.16. The quantitative estimate of drug-likeness (QED) is 0.156. The lowest BCUT2D eigenvalue weighted by molar-refractivity contribution is -0.384. The first-order valence-corrected chi connectivity index (χ1v) is 10.4. The Balaban J connectivity index is 1.49. The van der Waals surface area contributed by atoms with Crippen molar-refractivity contribution in [2.45, 2.75) is 0 Å². The van der Waals surface area contributed by atoms with E-state index < -0.39 is 4.92 Å². The molecule has 0 aliphatic carbocycles. The number of nitrogen functional groups attached to an aromatic ring is 1. The molecule has 13 heteroatoms. The lowest BCUT2D eigenvalue weighted by Gasteiger charge is -2.12. The van der Waals surface area contributed by atoms with Gasteiger partial charge in [-0.1, -0.05) is 0 Å². The van der Waals surface area contributed by atoms with Crippen molar-refractivity contribution in [1.29, 1.82) is 0 Å². The minimum Gasteiger partial charge on any atom is -0.378 e. The van der Waals surface area contributed by atoms with Gasteiger partial charge >= 0.3 is 5.69 Å². The molecular weight excluding hydrogens is 497 g/mol. The Hall–Kier alpha value is -4.13. The topological polar surface area (TPSA) is 161 Å². The van der Waals surface area contributed by atoms with Gasteiger partial charge in [-0.3, -0.25) is 10.1 Å². The van der Waals surface area contributed by atoms with Crippen LogP contribution in [0.25, 0.3) is 22.6 Å². The average Bonchev–Trinajstić information content (AvgIpc) is 3.31. The maximum atomic E-state index is 13.6. The van der Waals surface area contributed by atoms with E-state index in [0.29, 0.717) is 52.0 Å². The second-order valence-electron chi connectivity index (χ2n) is 6.73. The summed E-state index contributed by atoms with van der Waals surface area (Å²) in [5, 5.41) is 17.0. The fourth-order valence-corrected chi connectivity index (χ4v) is 3.56. The molecule has 0 bridgehead atoms. The Morgan fingerprint density at radius 2 is 1.94 bits per heavy atom. The molecule has 0 aliphatic heterocycles. The first-order valence-electron chi connectivity index (χ1n) is 9.63. The Bertz CT molecular complexity index is 1300. The van der Waals surface area contributed by atoms with Crippen molar-refractivity contribution in [3.8, 4) is 22.6 Å². The predicted molar refractivity (Wildman–Crippen MR) is 125 cm³/mol. The van der Waals surface area contributed by atoms with E-state index in [-0.39, 0.29) is 17.3 Å². The normalized spacial score (nSPS) is 10.7. The first kappa shape index (κ1) is 22.1. The van der Waals surface area contributed by atoms with Crippen molar-refractivity contribution >= 4 is 39.2 Å². The fourth-order valence-electron chi connectivity index (χ4n) is 3.02. The lowest BCUT2D eigenvalue weighted by atomic mass is 10.1. The Kier molecular flexibility index (Phi) is 6.40. The van der Waals surface area contributed by atoms with Gasteiger partial charge in [0, 0.05) is 47.8 Å². The second-order valence-corrected chi connectivity index (χ2v) is 7.58. The number of benzene rings is 1. The number of halogens is 2. The van der Waals surface area contributed by atoms with Crippen LogP contribution in [0.5, 0.6) is 0 Å². The van der Waals surface area contributed by atoms with Gasteiger partial charge in [-0.2, -0.15) is 0 Å². The molecule has 0 amide bonds. The standard InChI is InChI=1S/C20H17BrFN9O2/c21-14-9-11(22)1-2-12(14)17-13(19-25-6-7-26-19)10-28-20(30-17)27-8-5-24-16-4-3-15(31(32)33)18(23)29-16/h1-4,6-7,9-10H,5,8H2,(H,25,26)(H3,23,24,29)(H,27,28,30). The molecule has 5 N–H and O–H groups in total. The minimum absolute atomic E-state index is 0.163. The molecular formula is C20H17BrFN9O2. The number of rotatable bonds is 8. The maximum absolute atomic E-state index is 13.6. The van der Waals surface area contributed by atoms with Gasteiger partial charge < -0.3 is 21.4 Å². The van der Waals surface area contributed by atoms with E-state index in [1.165, 1.54) is 24.3 Å². The van der Waals surface area contributed by atoms with Crippen LogP contribution in [0, 0.1) is 15.9 Å². The summed E-state index contributed by atoms with van der Waals surface area (Å²) in [5.41, 5.74) is 7.25. The van der Waals surface area contributed by atoms with Crippen molar-refractivity contribution in [2.24, 2.45) is 0 Å². The number of nitrogens with one attached hydrogen (secondary N) is 3. The maximum Gasteiger partial charge on any atom is 0.311 e. The number of nitrogens with zero attached hydrogens (tertiary/aromatic N) is 5. The van der Waals surface area contributed by atoms with Crippen LogP contribution in [0.4, 0.5) is 27.7 Å². The van der Waals surface area contributed by atoms with E-state index in [9.17, 15) is 14.5 Å². The van der Waals surface area contributed by atoms with Crippen molar-refractivity contribution in [2.75, 3.05) is 29.5 Å². The predicted octanol–water partition coefficient (Wildman–Crippen LogP) is 3.84. The number of hydrogen-bond donors (Lipinski definition) is 4. The Labute approximate surface area is 195 Å². The van der Waals surface area contributed by atoms with E-state index in [4.69, 9.17) is 5.73 Å². The van der Waals surface area contributed by atoms with Gasteiger partial charge in [-0.05, 0) is 40.2 Å². The zero-order chi connectivity index (χ0) is 23.4. The number of aromatic nitrogens is 5. The van der Waals surface area contributed by atoms with Gasteiger partial charge in [0.15, 0.2) is 0 Å². The van der Waals surface area contributed by atoms with Gasteiger partial charge in [0.1, 0.15) is 17.5 Å². The van der Waals surface area contributed by atoms with E-state index >= 15 is 0 Å². The molecule has 1 aromatic carbocycles. The number of nitro groups is 1. The van der Waals surface area contributed by atoms with Crippen LogP contribution in [0.2, 0.25) is 0 Å². The average molecular weight is 514 g/mol. The second kappa shape index (κ2) is 9.56. The largest absolute Gasteiger partial charge is 0.378 e. The van der Waals surface area contributed by atoms with Crippen LogP contribution in [0.15, 0.2) is 53.4 Å². The molecule has 3 heterocycles. The molecule has 11 nitrogen and oxygen atoms in total. The fraction of sp³-hybridized carbons (Fsp3) is 0.100. The van der Waals surface area contributed by atoms with Crippen molar-refractivity contribution in [3.05, 3.63) is 69.3 Å². The molecule has 0 aliphatic rings. The molecule has 4 rings (SSSR count). The van der Waals surface area contributed by atoms with Gasteiger partial charge in [0.2, 0.25) is 11.8 Å². The van der Waals surface area contributed by atoms with Crippen LogP contribution in [0.3, 0.4) is 0 Å². The number of hydrogen-bond acceptors (Lipinski definition) is 9. The zero-order valence-electron chi connectivity index (χ0n) is 16.9. The van der Waals surface area contributed by atoms with Gasteiger partial charge in [-0.25, -0.2) is 24.3 Å². The molecule has 0 radical (unpaired) electrons. The van der Waals surface area contributed by atoms with E-state index in [1.54, 1.807) is 24.7 Å². The van der Waals surface area contributed by atoms with Crippen LogP contribution in [-0.2, 0) is 0 Å². The Morgan fingerprint density at radius 1 is 1.12 bits per heavy atom. The third kappa shape index (κ3) is 5.03. The highest BCUT2D eigenvalue weighted by Crippen LogP contribution is 2.34. The van der Waals surface area contributed by atoms with Gasteiger partial charge in [0.05, 0.1) is 16.2 Å². The Morgan fingerprint density at radius 3 is 2.64 bits per heavy atom. The molecule has 0 spiro atoms. The van der Waals surface area contributed by atoms with E-state index in [0.717, 1.165) is 0 Å². The van der Waals surface area contributed by atoms with E-state index in [2.05, 4.69) is 51.5 Å². The summed E-state index contributed by atoms with van der Waals surface area (Å²) in [4.78, 5) is 30.5. The summed E-state index contributed by atoms with van der Waals surface area (Å²) < 4.78 is 14.1. The number of anilines is 3. The third-order valence-corrected chi connectivity index (χ3v) is 5.20. The smallest absolute Gasteiger partial charge is 0.311 e. The summed E-state index contributed by atoms with van der Waals surface area (Å²) in [6.45, 7) is 0.839. The number of H-pyrrole nitrogens is 1.